The standard InChI is InChI=1S/C4H5N5O2/c5-3-2(4(6)10)1-7-9(3)8-11/h1H,5H2,(H2,6,10). The summed E-state index contributed by atoms with van der Waals surface area (Å²) in [5.41, 5.74) is 10.1. The van der Waals surface area contributed by atoms with Gasteiger partial charge in [-0.05, 0) is 0 Å². The highest BCUT2D eigenvalue weighted by Gasteiger charge is 2.11. The highest BCUT2D eigenvalue weighted by atomic mass is 16.3. The van der Waals surface area contributed by atoms with Crippen LogP contribution in [0.15, 0.2) is 11.5 Å². The number of hydrogen-bond acceptors (Lipinski definition) is 5. The van der Waals surface area contributed by atoms with E-state index in [2.05, 4.69) is 10.4 Å². The molecule has 0 radical (unpaired) electrons. The predicted molar refractivity (Wildman–Crippen MR) is 36.4 cm³/mol. The fourth-order valence-electron chi connectivity index (χ4n) is 0.603. The molecule has 0 spiro atoms. The average Bonchev–Trinajstić information content (AvgIpc) is 2.30. The summed E-state index contributed by atoms with van der Waals surface area (Å²) >= 11 is 0. The lowest BCUT2D eigenvalue weighted by atomic mass is 10.3. The first-order valence-corrected chi connectivity index (χ1v) is 2.63. The van der Waals surface area contributed by atoms with E-state index in [-0.39, 0.29) is 11.4 Å². The Labute approximate surface area is 60.9 Å². The van der Waals surface area contributed by atoms with E-state index in [0.717, 1.165) is 6.20 Å². The Morgan fingerprint density at radius 1 is 1.73 bits per heavy atom. The lowest BCUT2D eigenvalue weighted by Gasteiger charge is -1.90. The summed E-state index contributed by atoms with van der Waals surface area (Å²) in [6.45, 7) is 0. The molecule has 0 aliphatic heterocycles. The van der Waals surface area contributed by atoms with E-state index in [0.29, 0.717) is 4.79 Å². The van der Waals surface area contributed by atoms with Gasteiger partial charge >= 0.3 is 0 Å². The molecule has 0 saturated heterocycles. The number of carbonyl (C=O) groups excluding carboxylic acids is 1. The summed E-state index contributed by atoms with van der Waals surface area (Å²) < 4.78 is 0. The first kappa shape index (κ1) is 7.19. The van der Waals surface area contributed by atoms with Crippen LogP contribution in [-0.2, 0) is 0 Å². The van der Waals surface area contributed by atoms with Crippen molar-refractivity contribution in [1.29, 1.82) is 0 Å². The van der Waals surface area contributed by atoms with Gasteiger partial charge in [0.2, 0.25) is 0 Å². The molecule has 7 heteroatoms. The van der Waals surface area contributed by atoms with E-state index in [1.54, 1.807) is 0 Å². The second-order valence-corrected chi connectivity index (χ2v) is 1.78. The number of primary amides is 1. The summed E-state index contributed by atoms with van der Waals surface area (Å²) in [6, 6.07) is 0. The average molecular weight is 155 g/mol. The maximum atomic E-state index is 10.5. The van der Waals surface area contributed by atoms with Crippen molar-refractivity contribution in [3.63, 3.8) is 0 Å². The van der Waals surface area contributed by atoms with Crippen LogP contribution in [0.4, 0.5) is 5.82 Å². The molecule has 58 valence electrons. The molecule has 1 heterocycles. The lowest BCUT2D eigenvalue weighted by molar-refractivity contribution is 0.100. The quantitative estimate of drug-likeness (QED) is 0.537. The fraction of sp³-hybridized carbons (Fsp3) is 0. The molecule has 0 aliphatic carbocycles. The van der Waals surface area contributed by atoms with Crippen LogP contribution >= 0.6 is 0 Å². The summed E-state index contributed by atoms with van der Waals surface area (Å²) in [7, 11) is 0. The van der Waals surface area contributed by atoms with Gasteiger partial charge in [-0.25, -0.2) is 0 Å². The summed E-state index contributed by atoms with van der Waals surface area (Å²) in [5.74, 6) is -0.884. The number of nitrogens with zero attached hydrogens (tertiary/aromatic N) is 3. The molecule has 1 rings (SSSR count). The minimum absolute atomic E-state index is 0.00963. The summed E-state index contributed by atoms with van der Waals surface area (Å²) in [5, 5.41) is 5.76. The Balaban J connectivity index is 3.20. The summed E-state index contributed by atoms with van der Waals surface area (Å²) in [4.78, 5) is 21.0. The number of hydrogen-bond donors (Lipinski definition) is 2. The monoisotopic (exact) mass is 155 g/mol. The van der Waals surface area contributed by atoms with Gasteiger partial charge in [0.1, 0.15) is 5.56 Å². The molecule has 4 N–H and O–H groups in total. The molecular weight excluding hydrogens is 150 g/mol. The van der Waals surface area contributed by atoms with Crippen molar-refractivity contribution in [1.82, 2.24) is 9.89 Å². The Kier molecular flexibility index (Phi) is 1.55. The molecule has 0 aromatic carbocycles. The third-order valence-electron chi connectivity index (χ3n) is 1.13. The van der Waals surface area contributed by atoms with E-state index in [1.165, 1.54) is 0 Å². The van der Waals surface area contributed by atoms with Crippen LogP contribution in [0.2, 0.25) is 0 Å². The van der Waals surface area contributed by atoms with Gasteiger partial charge in [-0.1, -0.05) is 4.79 Å². The van der Waals surface area contributed by atoms with Crippen LogP contribution in [0.1, 0.15) is 10.4 Å². The number of rotatable bonds is 2. The van der Waals surface area contributed by atoms with E-state index < -0.39 is 5.91 Å². The molecule has 0 saturated carbocycles. The molecule has 0 unspecified atom stereocenters. The third-order valence-corrected chi connectivity index (χ3v) is 1.13. The van der Waals surface area contributed by atoms with E-state index >= 15 is 0 Å². The van der Waals surface area contributed by atoms with Gasteiger partial charge in [-0.3, -0.25) is 4.79 Å². The van der Waals surface area contributed by atoms with Crippen molar-refractivity contribution in [3.8, 4) is 0 Å². The van der Waals surface area contributed by atoms with Gasteiger partial charge in [0, 0.05) is 0 Å². The number of nitrogen functional groups attached to an aromatic ring is 1. The second kappa shape index (κ2) is 2.37. The van der Waals surface area contributed by atoms with Crippen molar-refractivity contribution in [2.45, 2.75) is 0 Å². The Morgan fingerprint density at radius 3 is 2.64 bits per heavy atom. The van der Waals surface area contributed by atoms with Crippen LogP contribution in [0.5, 0.6) is 0 Å². The molecule has 1 aromatic heterocycles. The minimum atomic E-state index is -0.739. The van der Waals surface area contributed by atoms with Crippen LogP contribution in [0, 0.1) is 4.91 Å². The van der Waals surface area contributed by atoms with Gasteiger partial charge in [-0.2, -0.15) is 5.10 Å². The molecule has 11 heavy (non-hydrogen) atoms. The van der Waals surface area contributed by atoms with Crippen LogP contribution in [0.3, 0.4) is 0 Å². The van der Waals surface area contributed by atoms with Crippen molar-refractivity contribution in [2.24, 2.45) is 11.0 Å². The third kappa shape index (κ3) is 1.02. The zero-order chi connectivity index (χ0) is 8.43. The van der Waals surface area contributed by atoms with Crippen molar-refractivity contribution in [2.75, 3.05) is 5.73 Å². The smallest absolute Gasteiger partial charge is 0.254 e. The van der Waals surface area contributed by atoms with Crippen LogP contribution in [0.25, 0.3) is 0 Å². The SMILES string of the molecule is NC(=O)c1cnn(N=O)c1N. The topological polar surface area (TPSA) is 116 Å². The van der Waals surface area contributed by atoms with Crippen LogP contribution < -0.4 is 11.5 Å². The Bertz CT molecular complexity index is 303. The van der Waals surface area contributed by atoms with Crippen molar-refractivity contribution in [3.05, 3.63) is 16.7 Å². The Morgan fingerprint density at radius 2 is 2.36 bits per heavy atom. The van der Waals surface area contributed by atoms with Gasteiger partial charge in [0.05, 0.1) is 11.5 Å². The van der Waals surface area contributed by atoms with Crippen molar-refractivity contribution >= 4 is 11.7 Å². The Hall–Kier alpha value is -1.92. The molecule has 0 aliphatic rings. The largest absolute Gasteiger partial charge is 0.381 e. The number of nitroso groups, excluding NO2 is 1. The highest BCUT2D eigenvalue weighted by molar-refractivity contribution is 5.96. The number of amides is 1. The van der Waals surface area contributed by atoms with Gasteiger partial charge in [-0.15, -0.1) is 4.91 Å². The lowest BCUT2D eigenvalue weighted by Crippen LogP contribution is -2.12. The highest BCUT2D eigenvalue weighted by Crippen LogP contribution is 2.08. The number of carbonyl (C=O) groups is 1. The number of aromatic nitrogens is 2. The molecular formula is C4H5N5O2. The normalized spacial score (nSPS) is 9.45. The van der Waals surface area contributed by atoms with E-state index in [1.807, 2.05) is 0 Å². The van der Waals surface area contributed by atoms with Gasteiger partial charge in [0.15, 0.2) is 5.82 Å². The molecule has 0 bridgehead atoms. The van der Waals surface area contributed by atoms with E-state index in [9.17, 15) is 9.70 Å². The molecule has 1 amide bonds. The second-order valence-electron chi connectivity index (χ2n) is 1.78. The molecule has 0 atom stereocenters. The van der Waals surface area contributed by atoms with Gasteiger partial charge in [0.25, 0.3) is 5.91 Å². The molecule has 0 fully saturated rings. The maximum absolute atomic E-state index is 10.5. The van der Waals surface area contributed by atoms with E-state index in [4.69, 9.17) is 11.5 Å². The number of anilines is 1. The maximum Gasteiger partial charge on any atom is 0.254 e. The zero-order valence-electron chi connectivity index (χ0n) is 5.39. The first-order valence-electron chi connectivity index (χ1n) is 2.63. The minimum Gasteiger partial charge on any atom is -0.381 e. The molecule has 7 nitrogen and oxygen atoms in total. The number of nitrogens with two attached hydrogens (primary N) is 2. The zero-order valence-corrected chi connectivity index (χ0v) is 5.39. The summed E-state index contributed by atoms with van der Waals surface area (Å²) in [6.07, 6.45) is 1.08. The fourth-order valence-corrected chi connectivity index (χ4v) is 0.603. The molecule has 1 aromatic rings. The van der Waals surface area contributed by atoms with Crippen LogP contribution in [-0.4, -0.2) is 15.8 Å². The first-order chi connectivity index (χ1) is 5.16. The van der Waals surface area contributed by atoms with Gasteiger partial charge < -0.3 is 11.5 Å². The predicted octanol–water partition coefficient (Wildman–Crippen LogP) is -0.906. The van der Waals surface area contributed by atoms with Crippen molar-refractivity contribution < 1.29 is 4.79 Å².